The summed E-state index contributed by atoms with van der Waals surface area (Å²) in [6, 6.07) is 15.1. The summed E-state index contributed by atoms with van der Waals surface area (Å²) >= 11 is 0. The molecule has 0 saturated carbocycles. The van der Waals surface area contributed by atoms with Gasteiger partial charge in [0.2, 0.25) is 10.0 Å². The third kappa shape index (κ3) is 4.35. The molecule has 0 spiro atoms. The van der Waals surface area contributed by atoms with Crippen LogP contribution in [0, 0.1) is 5.82 Å². The number of sulfonamides is 1. The fourth-order valence-electron chi connectivity index (χ4n) is 2.99. The summed E-state index contributed by atoms with van der Waals surface area (Å²) in [4.78, 5) is 4.42. The number of rotatable bonds is 6. The van der Waals surface area contributed by atoms with Gasteiger partial charge in [-0.2, -0.15) is 9.61 Å². The summed E-state index contributed by atoms with van der Waals surface area (Å²) in [5.74, 6) is 0.459. The Balaban J connectivity index is 1.64. The van der Waals surface area contributed by atoms with Gasteiger partial charge in [0.25, 0.3) is 0 Å². The lowest BCUT2D eigenvalue weighted by Crippen LogP contribution is -2.09. The largest absolute Gasteiger partial charge is 0.366 e. The van der Waals surface area contributed by atoms with E-state index in [1.165, 1.54) is 12.1 Å². The average Bonchev–Trinajstić information content (AvgIpc) is 3.11. The van der Waals surface area contributed by atoms with Gasteiger partial charge in [0.15, 0.2) is 5.65 Å². The Morgan fingerprint density at radius 2 is 1.90 bits per heavy atom. The topological polar surface area (TPSA) is 88.4 Å². The van der Waals surface area contributed by atoms with Crippen LogP contribution in [0.4, 0.5) is 15.9 Å². The quantitative estimate of drug-likeness (QED) is 0.507. The molecule has 148 valence electrons. The van der Waals surface area contributed by atoms with E-state index in [-0.39, 0.29) is 5.82 Å². The van der Waals surface area contributed by atoms with Crippen molar-refractivity contribution in [1.29, 1.82) is 0 Å². The third-order valence-electron chi connectivity index (χ3n) is 4.26. The minimum atomic E-state index is -3.37. The monoisotopic (exact) mass is 411 g/mol. The van der Waals surface area contributed by atoms with E-state index in [1.54, 1.807) is 53.3 Å². The molecule has 29 heavy (non-hydrogen) atoms. The molecular formula is C20H18FN5O2S. The van der Waals surface area contributed by atoms with Crippen molar-refractivity contribution in [2.75, 3.05) is 16.3 Å². The Hall–Kier alpha value is -3.46. The van der Waals surface area contributed by atoms with Crippen molar-refractivity contribution in [2.24, 2.45) is 0 Å². The van der Waals surface area contributed by atoms with Crippen LogP contribution in [0.15, 0.2) is 67.0 Å². The number of hydrogen-bond acceptors (Lipinski definition) is 5. The highest BCUT2D eigenvalue weighted by molar-refractivity contribution is 7.92. The van der Waals surface area contributed by atoms with Gasteiger partial charge in [-0.25, -0.2) is 17.8 Å². The first-order valence-corrected chi connectivity index (χ1v) is 10.7. The lowest BCUT2D eigenvalue weighted by Gasteiger charge is -2.09. The Bertz CT molecular complexity index is 1270. The van der Waals surface area contributed by atoms with Gasteiger partial charge in [-0.15, -0.1) is 0 Å². The minimum Gasteiger partial charge on any atom is -0.366 e. The second-order valence-electron chi connectivity index (χ2n) is 6.56. The van der Waals surface area contributed by atoms with Gasteiger partial charge in [-0.3, -0.25) is 4.72 Å². The minimum absolute atomic E-state index is 0.274. The molecule has 2 aromatic heterocycles. The molecule has 0 unspecified atom stereocenters. The van der Waals surface area contributed by atoms with Crippen molar-refractivity contribution < 1.29 is 12.8 Å². The molecule has 4 aromatic rings. The number of nitrogens with zero attached hydrogens (tertiary/aromatic N) is 3. The van der Waals surface area contributed by atoms with Gasteiger partial charge in [0.05, 0.1) is 12.5 Å². The van der Waals surface area contributed by atoms with Gasteiger partial charge in [-0.1, -0.05) is 24.3 Å². The number of halogens is 1. The van der Waals surface area contributed by atoms with Crippen LogP contribution in [-0.4, -0.2) is 29.3 Å². The summed E-state index contributed by atoms with van der Waals surface area (Å²) in [5.41, 5.74) is 3.59. The van der Waals surface area contributed by atoms with Crippen molar-refractivity contribution in [1.82, 2.24) is 14.6 Å². The van der Waals surface area contributed by atoms with E-state index in [2.05, 4.69) is 20.1 Å². The van der Waals surface area contributed by atoms with Gasteiger partial charge in [0, 0.05) is 24.0 Å². The van der Waals surface area contributed by atoms with E-state index in [9.17, 15) is 12.8 Å². The lowest BCUT2D eigenvalue weighted by atomic mass is 10.1. The van der Waals surface area contributed by atoms with Crippen LogP contribution in [0.25, 0.3) is 16.8 Å². The highest BCUT2D eigenvalue weighted by atomic mass is 32.2. The summed E-state index contributed by atoms with van der Waals surface area (Å²) in [6.07, 6.45) is 4.46. The fraction of sp³-hybridized carbons (Fsp3) is 0.100. The number of hydrogen-bond donors (Lipinski definition) is 2. The normalized spacial score (nSPS) is 11.5. The van der Waals surface area contributed by atoms with Crippen LogP contribution in [0.1, 0.15) is 5.56 Å². The van der Waals surface area contributed by atoms with E-state index < -0.39 is 10.0 Å². The fourth-order valence-corrected chi connectivity index (χ4v) is 3.54. The number of anilines is 2. The predicted molar refractivity (Wildman–Crippen MR) is 111 cm³/mol. The molecule has 4 rings (SSSR count). The van der Waals surface area contributed by atoms with Crippen molar-refractivity contribution in [2.45, 2.75) is 6.54 Å². The Labute approximate surface area is 167 Å². The summed E-state index contributed by atoms with van der Waals surface area (Å²) < 4.78 is 40.2. The zero-order valence-electron chi connectivity index (χ0n) is 15.5. The lowest BCUT2D eigenvalue weighted by molar-refractivity contribution is 0.607. The van der Waals surface area contributed by atoms with Crippen LogP contribution in [-0.2, 0) is 16.6 Å². The maximum atomic E-state index is 13.1. The number of benzene rings is 2. The Kier molecular flexibility index (Phi) is 4.89. The van der Waals surface area contributed by atoms with Crippen LogP contribution >= 0.6 is 0 Å². The number of nitrogens with one attached hydrogen (secondary N) is 2. The van der Waals surface area contributed by atoms with Gasteiger partial charge < -0.3 is 5.32 Å². The Morgan fingerprint density at radius 3 is 2.66 bits per heavy atom. The molecule has 0 atom stereocenters. The molecule has 0 aliphatic rings. The van der Waals surface area contributed by atoms with E-state index in [1.807, 2.05) is 6.07 Å². The predicted octanol–water partition coefficient (Wildman–Crippen LogP) is 3.52. The highest BCUT2D eigenvalue weighted by Gasteiger charge is 2.12. The molecule has 2 N–H and O–H groups in total. The zero-order chi connectivity index (χ0) is 20.4. The number of fused-ring (bicyclic) bond motifs is 1. The summed E-state index contributed by atoms with van der Waals surface area (Å²) in [6.45, 7) is 0.502. The molecule has 2 aromatic carbocycles. The molecule has 0 amide bonds. The first-order chi connectivity index (χ1) is 13.9. The zero-order valence-corrected chi connectivity index (χ0v) is 16.3. The van der Waals surface area contributed by atoms with E-state index in [0.717, 1.165) is 28.8 Å². The summed E-state index contributed by atoms with van der Waals surface area (Å²) in [5, 5.41) is 7.70. The Morgan fingerprint density at radius 1 is 1.10 bits per heavy atom. The SMILES string of the molecule is CS(=O)(=O)Nc1cccc(-c2cnn3c(NCc4ccc(F)cc4)ccnc23)c1. The molecule has 0 saturated heterocycles. The van der Waals surface area contributed by atoms with Crippen LogP contribution in [0.3, 0.4) is 0 Å². The van der Waals surface area contributed by atoms with Crippen LogP contribution in [0.5, 0.6) is 0 Å². The van der Waals surface area contributed by atoms with Crippen molar-refractivity contribution >= 4 is 27.2 Å². The molecule has 0 bridgehead atoms. The molecular weight excluding hydrogens is 393 g/mol. The van der Waals surface area contributed by atoms with Gasteiger partial charge in [-0.05, 0) is 41.5 Å². The highest BCUT2D eigenvalue weighted by Crippen LogP contribution is 2.27. The first kappa shape index (κ1) is 18.9. The smallest absolute Gasteiger partial charge is 0.229 e. The first-order valence-electron chi connectivity index (χ1n) is 8.78. The second-order valence-corrected chi connectivity index (χ2v) is 8.31. The maximum absolute atomic E-state index is 13.1. The number of aromatic nitrogens is 3. The van der Waals surface area contributed by atoms with E-state index in [4.69, 9.17) is 0 Å². The van der Waals surface area contributed by atoms with Crippen molar-refractivity contribution in [3.63, 3.8) is 0 Å². The molecule has 9 heteroatoms. The average molecular weight is 411 g/mol. The van der Waals surface area contributed by atoms with Crippen molar-refractivity contribution in [3.8, 4) is 11.1 Å². The molecule has 0 aliphatic heterocycles. The molecule has 2 heterocycles. The van der Waals surface area contributed by atoms with E-state index in [0.29, 0.717) is 17.9 Å². The standard InChI is InChI=1S/C20H18FN5O2S/c1-29(27,28)25-17-4-2-3-15(11-17)18-13-24-26-19(9-10-22-20(18)26)23-12-14-5-7-16(21)8-6-14/h2-11,13,23,25H,12H2,1H3. The molecule has 7 nitrogen and oxygen atoms in total. The maximum Gasteiger partial charge on any atom is 0.229 e. The van der Waals surface area contributed by atoms with E-state index >= 15 is 0 Å². The van der Waals surface area contributed by atoms with Gasteiger partial charge >= 0.3 is 0 Å². The van der Waals surface area contributed by atoms with Crippen LogP contribution in [0.2, 0.25) is 0 Å². The molecule has 0 radical (unpaired) electrons. The summed E-state index contributed by atoms with van der Waals surface area (Å²) in [7, 11) is -3.37. The second kappa shape index (κ2) is 7.51. The third-order valence-corrected chi connectivity index (χ3v) is 4.87. The van der Waals surface area contributed by atoms with Gasteiger partial charge in [0.1, 0.15) is 11.6 Å². The molecule has 0 fully saturated rings. The molecule has 0 aliphatic carbocycles. The van der Waals surface area contributed by atoms with Crippen LogP contribution < -0.4 is 10.0 Å². The van der Waals surface area contributed by atoms with Crippen molar-refractivity contribution in [3.05, 3.63) is 78.4 Å².